The van der Waals surface area contributed by atoms with Gasteiger partial charge in [-0.2, -0.15) is 5.10 Å². The zero-order valence-corrected chi connectivity index (χ0v) is 15.4. The first-order chi connectivity index (χ1) is 11.4. The Morgan fingerprint density at radius 1 is 1.21 bits per heavy atom. The Hall–Kier alpha value is -1.88. The summed E-state index contributed by atoms with van der Waals surface area (Å²) < 4.78 is 1.81. The fraction of sp³-hybridized carbons (Fsp3) is 0.211. The van der Waals surface area contributed by atoms with Gasteiger partial charge in [-0.3, -0.25) is 0 Å². The third kappa shape index (κ3) is 3.31. The molecule has 1 aromatic carbocycles. The van der Waals surface area contributed by atoms with E-state index in [1.54, 1.807) is 29.9 Å². The lowest BCUT2D eigenvalue weighted by atomic mass is 10.1. The lowest BCUT2D eigenvalue weighted by Crippen LogP contribution is -2.16. The smallest absolute Gasteiger partial charge is 0.103 e. The Bertz CT molecular complexity index is 887. The number of hydrogen-bond acceptors (Lipinski definition) is 3. The molecular formula is C19H19ClN2OS. The van der Waals surface area contributed by atoms with E-state index in [4.69, 9.17) is 11.6 Å². The molecule has 124 valence electrons. The third-order valence-electron chi connectivity index (χ3n) is 3.63. The molecule has 5 heteroatoms. The molecule has 3 nitrogen and oxygen atoms in total. The van der Waals surface area contributed by atoms with Gasteiger partial charge >= 0.3 is 0 Å². The Labute approximate surface area is 150 Å². The molecule has 0 saturated carbocycles. The second-order valence-electron chi connectivity index (χ2n) is 6.04. The predicted octanol–water partition coefficient (Wildman–Crippen LogP) is 5.51. The molecular weight excluding hydrogens is 340 g/mol. The van der Waals surface area contributed by atoms with E-state index in [2.05, 4.69) is 23.3 Å². The quantitative estimate of drug-likeness (QED) is 0.667. The summed E-state index contributed by atoms with van der Waals surface area (Å²) in [6.07, 6.45) is 4.09. The Morgan fingerprint density at radius 2 is 1.96 bits per heavy atom. The number of thiophene rings is 1. The van der Waals surface area contributed by atoms with Crippen LogP contribution < -0.4 is 0 Å². The Morgan fingerprint density at radius 3 is 2.62 bits per heavy atom. The fourth-order valence-corrected chi connectivity index (χ4v) is 3.60. The molecule has 24 heavy (non-hydrogen) atoms. The van der Waals surface area contributed by atoms with E-state index in [0.29, 0.717) is 10.7 Å². The zero-order valence-electron chi connectivity index (χ0n) is 13.8. The summed E-state index contributed by atoms with van der Waals surface area (Å²) in [5.74, 6) is 0. The number of benzene rings is 1. The maximum Gasteiger partial charge on any atom is 0.103 e. The van der Waals surface area contributed by atoms with Crippen molar-refractivity contribution in [3.63, 3.8) is 0 Å². The maximum absolute atomic E-state index is 10.4. The molecule has 0 spiro atoms. The highest BCUT2D eigenvalue weighted by Crippen LogP contribution is 2.34. The molecule has 0 bridgehead atoms. The largest absolute Gasteiger partial charge is 0.384 e. The molecule has 0 radical (unpaired) electrons. The van der Waals surface area contributed by atoms with Gasteiger partial charge in [-0.25, -0.2) is 4.68 Å². The van der Waals surface area contributed by atoms with Crippen molar-refractivity contribution in [2.45, 2.75) is 26.4 Å². The first-order valence-corrected chi connectivity index (χ1v) is 8.90. The van der Waals surface area contributed by atoms with Crippen LogP contribution >= 0.6 is 22.9 Å². The molecule has 2 aromatic heterocycles. The second kappa shape index (κ2) is 6.55. The topological polar surface area (TPSA) is 38.1 Å². The second-order valence-corrected chi connectivity index (χ2v) is 7.56. The van der Waals surface area contributed by atoms with Gasteiger partial charge in [0, 0.05) is 4.88 Å². The van der Waals surface area contributed by atoms with Crippen LogP contribution in [0.2, 0.25) is 5.02 Å². The number of rotatable bonds is 4. The molecule has 2 heterocycles. The van der Waals surface area contributed by atoms with Crippen LogP contribution in [0.4, 0.5) is 0 Å². The van der Waals surface area contributed by atoms with Gasteiger partial charge in [0.25, 0.3) is 0 Å². The maximum atomic E-state index is 10.4. The molecule has 0 saturated heterocycles. The lowest BCUT2D eigenvalue weighted by molar-refractivity contribution is 0.0734. The summed E-state index contributed by atoms with van der Waals surface area (Å²) in [4.78, 5) is 2.25. The molecule has 0 fully saturated rings. The highest BCUT2D eigenvalue weighted by molar-refractivity contribution is 7.16. The van der Waals surface area contributed by atoms with Gasteiger partial charge in [-0.05, 0) is 57.2 Å². The van der Waals surface area contributed by atoms with E-state index in [1.165, 1.54) is 4.88 Å². The van der Waals surface area contributed by atoms with Gasteiger partial charge in [0.15, 0.2) is 0 Å². The molecule has 3 rings (SSSR count). The van der Waals surface area contributed by atoms with Crippen molar-refractivity contribution in [1.29, 1.82) is 0 Å². The van der Waals surface area contributed by atoms with Crippen molar-refractivity contribution >= 4 is 29.0 Å². The minimum Gasteiger partial charge on any atom is -0.384 e. The van der Waals surface area contributed by atoms with E-state index in [1.807, 2.05) is 43.3 Å². The van der Waals surface area contributed by atoms with Gasteiger partial charge < -0.3 is 5.11 Å². The SMILES string of the molecule is CC=Cc1ccc(-c2cc(C(C)(C)O)nn2-c2ccccc2Cl)s1. The monoisotopic (exact) mass is 358 g/mol. The average molecular weight is 359 g/mol. The van der Waals surface area contributed by atoms with E-state index >= 15 is 0 Å². The van der Waals surface area contributed by atoms with Gasteiger partial charge in [-0.15, -0.1) is 11.3 Å². The van der Waals surface area contributed by atoms with Crippen LogP contribution in [-0.2, 0) is 5.60 Å². The standard InChI is InChI=1S/C19H19ClN2OS/c1-4-7-13-10-11-17(24-13)16-12-18(19(2,3)23)21-22(16)15-9-6-5-8-14(15)20/h4-12,23H,1-3H3. The van der Waals surface area contributed by atoms with Gasteiger partial charge in [0.1, 0.15) is 5.60 Å². The summed E-state index contributed by atoms with van der Waals surface area (Å²) in [7, 11) is 0. The number of hydrogen-bond donors (Lipinski definition) is 1. The first-order valence-electron chi connectivity index (χ1n) is 7.71. The summed E-state index contributed by atoms with van der Waals surface area (Å²) in [6, 6.07) is 13.7. The summed E-state index contributed by atoms with van der Waals surface area (Å²) in [5.41, 5.74) is 1.30. The van der Waals surface area contributed by atoms with Crippen LogP contribution in [0.25, 0.3) is 22.3 Å². The minimum absolute atomic E-state index is 0.610. The van der Waals surface area contributed by atoms with Gasteiger partial charge in [0.05, 0.1) is 27.0 Å². The zero-order chi connectivity index (χ0) is 17.3. The number of aliphatic hydroxyl groups is 1. The predicted molar refractivity (Wildman–Crippen MR) is 102 cm³/mol. The van der Waals surface area contributed by atoms with E-state index < -0.39 is 5.60 Å². The number of aromatic nitrogens is 2. The molecule has 0 unspecified atom stereocenters. The highest BCUT2D eigenvalue weighted by atomic mass is 35.5. The highest BCUT2D eigenvalue weighted by Gasteiger charge is 2.24. The molecule has 0 aliphatic heterocycles. The molecule has 1 N–H and O–H groups in total. The van der Waals surface area contributed by atoms with Crippen LogP contribution in [0, 0.1) is 0 Å². The van der Waals surface area contributed by atoms with Crippen molar-refractivity contribution in [2.24, 2.45) is 0 Å². The average Bonchev–Trinajstić information content (AvgIpc) is 3.14. The van der Waals surface area contributed by atoms with Crippen LogP contribution in [-0.4, -0.2) is 14.9 Å². The number of nitrogens with zero attached hydrogens (tertiary/aromatic N) is 2. The van der Waals surface area contributed by atoms with Crippen LogP contribution in [0.15, 0.2) is 48.5 Å². The van der Waals surface area contributed by atoms with Crippen molar-refractivity contribution < 1.29 is 5.11 Å². The van der Waals surface area contributed by atoms with E-state index in [-0.39, 0.29) is 0 Å². The summed E-state index contributed by atoms with van der Waals surface area (Å²) in [5, 5.41) is 15.6. The van der Waals surface area contributed by atoms with Gasteiger partial charge in [0.2, 0.25) is 0 Å². The van der Waals surface area contributed by atoms with Crippen LogP contribution in [0.5, 0.6) is 0 Å². The van der Waals surface area contributed by atoms with E-state index in [0.717, 1.165) is 16.3 Å². The Kier molecular flexibility index (Phi) is 4.63. The van der Waals surface area contributed by atoms with Crippen molar-refractivity contribution in [2.75, 3.05) is 0 Å². The molecule has 0 aliphatic rings. The lowest BCUT2D eigenvalue weighted by Gasteiger charge is -2.13. The first kappa shape index (κ1) is 17.0. The summed E-state index contributed by atoms with van der Waals surface area (Å²) in [6.45, 7) is 5.46. The fourth-order valence-electron chi connectivity index (χ4n) is 2.41. The van der Waals surface area contributed by atoms with Crippen molar-refractivity contribution in [3.8, 4) is 16.3 Å². The summed E-state index contributed by atoms with van der Waals surface area (Å²) >= 11 is 8.04. The number of para-hydroxylation sites is 1. The number of halogens is 1. The van der Waals surface area contributed by atoms with Crippen LogP contribution in [0.1, 0.15) is 31.3 Å². The van der Waals surface area contributed by atoms with Crippen LogP contribution in [0.3, 0.4) is 0 Å². The number of allylic oxidation sites excluding steroid dienone is 1. The third-order valence-corrected chi connectivity index (χ3v) is 5.02. The minimum atomic E-state index is -1.02. The molecule has 0 atom stereocenters. The molecule has 3 aromatic rings. The van der Waals surface area contributed by atoms with Crippen molar-refractivity contribution in [3.05, 3.63) is 64.1 Å². The normalized spacial score (nSPS) is 12.2. The van der Waals surface area contributed by atoms with E-state index in [9.17, 15) is 5.11 Å². The Balaban J connectivity index is 2.20. The van der Waals surface area contributed by atoms with Gasteiger partial charge in [-0.1, -0.05) is 29.8 Å². The molecule has 0 aliphatic carbocycles. The van der Waals surface area contributed by atoms with Crippen molar-refractivity contribution in [1.82, 2.24) is 9.78 Å². The molecule has 0 amide bonds.